The van der Waals surface area contributed by atoms with Crippen molar-refractivity contribution in [1.29, 1.82) is 0 Å². The second kappa shape index (κ2) is 15.3. The molecule has 1 aliphatic heterocycles. The van der Waals surface area contributed by atoms with Gasteiger partial charge in [-0.3, -0.25) is 4.98 Å². The van der Waals surface area contributed by atoms with Crippen LogP contribution in [-0.2, 0) is 0 Å². The first-order chi connectivity index (χ1) is 28.3. The highest BCUT2D eigenvalue weighted by atomic mass is 32.2. The summed E-state index contributed by atoms with van der Waals surface area (Å²) in [6.45, 7) is 0. The van der Waals surface area contributed by atoms with Crippen molar-refractivity contribution in [3.63, 3.8) is 0 Å². The standard InChI is InChI=1S/C53H37N3S/c1-2-11-32-57-51-26-10-9-23-47(51)48-34-40(44-24-13-20-37-21-14-31-54-52(37)44)27-30-45(48)43-29-28-41(33-39(43)18-4-1)49-35-50(56-53(55-49)38-16-5-3-6-17-38)46-25-12-19-36-15-7-8-22-42(36)46/h3-35H,1-2H2/b18-4+,32-11+. The Morgan fingerprint density at radius 3 is 2.11 bits per heavy atom. The maximum atomic E-state index is 5.23. The maximum Gasteiger partial charge on any atom is 0.160 e. The zero-order valence-corrected chi connectivity index (χ0v) is 32.0. The normalized spacial score (nSPS) is 13.7. The molecule has 4 heteroatoms. The Hall–Kier alpha value is -6.88. The summed E-state index contributed by atoms with van der Waals surface area (Å²) in [5.74, 6) is 0.706. The number of fused-ring (bicyclic) bond motifs is 7. The van der Waals surface area contributed by atoms with E-state index in [0.29, 0.717) is 5.82 Å². The lowest BCUT2D eigenvalue weighted by Crippen LogP contribution is -1.97. The van der Waals surface area contributed by atoms with Gasteiger partial charge in [-0.2, -0.15) is 0 Å². The van der Waals surface area contributed by atoms with Gasteiger partial charge >= 0.3 is 0 Å². The molecule has 0 saturated carbocycles. The van der Waals surface area contributed by atoms with E-state index in [1.165, 1.54) is 37.9 Å². The van der Waals surface area contributed by atoms with Crippen molar-refractivity contribution in [1.82, 2.24) is 15.0 Å². The number of thioether (sulfide) groups is 1. The Morgan fingerprint density at radius 2 is 1.16 bits per heavy atom. The van der Waals surface area contributed by atoms with Crippen molar-refractivity contribution < 1.29 is 0 Å². The van der Waals surface area contributed by atoms with Crippen molar-refractivity contribution in [3.05, 3.63) is 199 Å². The fourth-order valence-electron chi connectivity index (χ4n) is 7.89. The maximum absolute atomic E-state index is 5.23. The topological polar surface area (TPSA) is 38.7 Å². The minimum atomic E-state index is 0.706. The molecule has 3 heterocycles. The van der Waals surface area contributed by atoms with Gasteiger partial charge in [-0.15, -0.1) is 0 Å². The van der Waals surface area contributed by atoms with E-state index >= 15 is 0 Å². The van der Waals surface area contributed by atoms with E-state index in [2.05, 4.69) is 169 Å². The molecule has 1 aliphatic rings. The van der Waals surface area contributed by atoms with Crippen molar-refractivity contribution >= 4 is 39.5 Å². The van der Waals surface area contributed by atoms with Gasteiger partial charge in [-0.25, -0.2) is 9.97 Å². The first-order valence-electron chi connectivity index (χ1n) is 19.4. The van der Waals surface area contributed by atoms with Crippen molar-refractivity contribution in [2.45, 2.75) is 17.7 Å². The fraction of sp³-hybridized carbons (Fsp3) is 0.0377. The summed E-state index contributed by atoms with van der Waals surface area (Å²) in [7, 11) is 0. The Balaban J connectivity index is 1.18. The molecule has 0 atom stereocenters. The smallest absolute Gasteiger partial charge is 0.160 e. The van der Waals surface area contributed by atoms with Crippen molar-refractivity contribution in [2.75, 3.05) is 0 Å². The summed E-state index contributed by atoms with van der Waals surface area (Å²) in [5, 5.41) is 5.72. The largest absolute Gasteiger partial charge is 0.256 e. The summed E-state index contributed by atoms with van der Waals surface area (Å²) >= 11 is 1.79. The lowest BCUT2D eigenvalue weighted by atomic mass is 9.87. The van der Waals surface area contributed by atoms with Crippen molar-refractivity contribution in [2.24, 2.45) is 0 Å². The summed E-state index contributed by atoms with van der Waals surface area (Å²) in [4.78, 5) is 16.5. The van der Waals surface area contributed by atoms with Crippen LogP contribution in [0.4, 0.5) is 0 Å². The van der Waals surface area contributed by atoms with Crippen LogP contribution in [0.5, 0.6) is 0 Å². The molecule has 0 bridgehead atoms. The number of hydrogen-bond acceptors (Lipinski definition) is 4. The van der Waals surface area contributed by atoms with Gasteiger partial charge in [0.1, 0.15) is 0 Å². The lowest BCUT2D eigenvalue weighted by Gasteiger charge is -2.18. The number of para-hydroxylation sites is 1. The molecule has 0 amide bonds. The second-order valence-corrected chi connectivity index (χ2v) is 15.2. The predicted molar refractivity (Wildman–Crippen MR) is 241 cm³/mol. The highest BCUT2D eigenvalue weighted by molar-refractivity contribution is 8.02. The zero-order chi connectivity index (χ0) is 38.0. The molecule has 0 saturated heterocycles. The van der Waals surface area contributed by atoms with Gasteiger partial charge in [-0.1, -0.05) is 170 Å². The van der Waals surface area contributed by atoms with E-state index in [1.54, 1.807) is 11.8 Å². The third-order valence-corrected chi connectivity index (χ3v) is 11.6. The van der Waals surface area contributed by atoms with Gasteiger partial charge in [0.25, 0.3) is 0 Å². The molecular formula is C53H37N3S. The quantitative estimate of drug-likeness (QED) is 0.180. The summed E-state index contributed by atoms with van der Waals surface area (Å²) in [6, 6.07) is 60.4. The number of allylic oxidation sites excluding steroid dienone is 2. The number of hydrogen-bond donors (Lipinski definition) is 0. The van der Waals surface area contributed by atoms with Gasteiger partial charge in [0.15, 0.2) is 5.82 Å². The van der Waals surface area contributed by atoms with Crippen LogP contribution in [0.25, 0.3) is 95.0 Å². The van der Waals surface area contributed by atoms with E-state index in [-0.39, 0.29) is 0 Å². The molecule has 0 aliphatic carbocycles. The van der Waals surface area contributed by atoms with Gasteiger partial charge in [0, 0.05) is 38.7 Å². The average Bonchev–Trinajstić information content (AvgIpc) is 3.29. The van der Waals surface area contributed by atoms with Gasteiger partial charge < -0.3 is 0 Å². The number of pyridine rings is 1. The molecule has 10 rings (SSSR count). The number of rotatable bonds is 4. The van der Waals surface area contributed by atoms with E-state index in [0.717, 1.165) is 68.5 Å². The van der Waals surface area contributed by atoms with E-state index in [1.807, 2.05) is 30.5 Å². The fourth-order valence-corrected chi connectivity index (χ4v) is 8.74. The number of nitrogens with zero attached hydrogens (tertiary/aromatic N) is 3. The molecule has 7 aromatic carbocycles. The third-order valence-electron chi connectivity index (χ3n) is 10.7. The van der Waals surface area contributed by atoms with Crippen LogP contribution in [0.1, 0.15) is 18.4 Å². The minimum Gasteiger partial charge on any atom is -0.256 e. The highest BCUT2D eigenvalue weighted by Crippen LogP contribution is 2.43. The molecule has 0 fully saturated rings. The van der Waals surface area contributed by atoms with Gasteiger partial charge in [-0.05, 0) is 92.7 Å². The number of benzene rings is 7. The molecule has 270 valence electrons. The Labute approximate surface area is 337 Å². The lowest BCUT2D eigenvalue weighted by molar-refractivity contribution is 1.06. The first-order valence-corrected chi connectivity index (χ1v) is 20.3. The van der Waals surface area contributed by atoms with Crippen LogP contribution >= 0.6 is 11.8 Å². The number of aromatic nitrogens is 3. The first kappa shape index (κ1) is 34.6. The zero-order valence-electron chi connectivity index (χ0n) is 31.2. The molecule has 57 heavy (non-hydrogen) atoms. The summed E-state index contributed by atoms with van der Waals surface area (Å²) < 4.78 is 0. The molecule has 0 unspecified atom stereocenters. The predicted octanol–water partition coefficient (Wildman–Crippen LogP) is 14.6. The molecular weight excluding hydrogens is 711 g/mol. The van der Waals surface area contributed by atoms with Gasteiger partial charge in [0.05, 0.1) is 16.9 Å². The van der Waals surface area contributed by atoms with Gasteiger partial charge in [0.2, 0.25) is 0 Å². The van der Waals surface area contributed by atoms with Crippen LogP contribution in [-0.4, -0.2) is 15.0 Å². The SMILES string of the molecule is C1=C/Sc2ccccc2-c2cc(-c3cccc4cccnc34)ccc2-c2ccc(-c3cc(-c4cccc5ccccc45)nc(-c4ccccc4)n3)cc2/C=C/CC/1. The molecule has 3 nitrogen and oxygen atoms in total. The Kier molecular flexibility index (Phi) is 9.31. The molecule has 2 aromatic heterocycles. The molecule has 0 spiro atoms. The van der Waals surface area contributed by atoms with E-state index < -0.39 is 0 Å². The van der Waals surface area contributed by atoms with Crippen LogP contribution in [0.2, 0.25) is 0 Å². The molecule has 9 aromatic rings. The summed E-state index contributed by atoms with van der Waals surface area (Å²) in [5.41, 5.74) is 14.1. The summed E-state index contributed by atoms with van der Waals surface area (Å²) in [6.07, 6.45) is 10.7. The Bertz CT molecular complexity index is 2990. The van der Waals surface area contributed by atoms with Crippen LogP contribution < -0.4 is 0 Å². The van der Waals surface area contributed by atoms with E-state index in [4.69, 9.17) is 15.0 Å². The van der Waals surface area contributed by atoms with E-state index in [9.17, 15) is 0 Å². The Morgan fingerprint density at radius 1 is 0.439 bits per heavy atom. The minimum absolute atomic E-state index is 0.706. The molecule has 0 radical (unpaired) electrons. The molecule has 0 N–H and O–H groups in total. The van der Waals surface area contributed by atoms with Crippen LogP contribution in [0.15, 0.2) is 199 Å². The monoisotopic (exact) mass is 747 g/mol. The second-order valence-electron chi connectivity index (χ2n) is 14.3. The third kappa shape index (κ3) is 6.86. The highest BCUT2D eigenvalue weighted by Gasteiger charge is 2.18. The van der Waals surface area contributed by atoms with Crippen LogP contribution in [0.3, 0.4) is 0 Å². The average molecular weight is 748 g/mol. The van der Waals surface area contributed by atoms with Crippen molar-refractivity contribution in [3.8, 4) is 67.3 Å². The van der Waals surface area contributed by atoms with Crippen LogP contribution in [0, 0.1) is 0 Å².